The zero-order chi connectivity index (χ0) is 10.3. The summed E-state index contributed by atoms with van der Waals surface area (Å²) in [6, 6.07) is 0. The van der Waals surface area contributed by atoms with E-state index < -0.39 is 4.32 Å². The number of alkyl halides is 1. The molecule has 2 nitrogen and oxygen atoms in total. The van der Waals surface area contributed by atoms with Crippen molar-refractivity contribution < 1.29 is 9.53 Å². The van der Waals surface area contributed by atoms with Crippen LogP contribution in [0.25, 0.3) is 0 Å². The molecule has 13 heavy (non-hydrogen) atoms. The van der Waals surface area contributed by atoms with Gasteiger partial charge in [-0.05, 0) is 13.3 Å². The third-order valence-corrected chi connectivity index (χ3v) is 2.14. The molecule has 0 aromatic carbocycles. The van der Waals surface area contributed by atoms with Gasteiger partial charge in [-0.3, -0.25) is 4.79 Å². The summed E-state index contributed by atoms with van der Waals surface area (Å²) < 4.78 is 3.95. The summed E-state index contributed by atoms with van der Waals surface area (Å²) in [5.41, 5.74) is 0. The smallest absolute Gasteiger partial charge is 0.323 e. The Morgan fingerprint density at radius 3 is 2.62 bits per heavy atom. The Morgan fingerprint density at radius 1 is 1.54 bits per heavy atom. The molecule has 0 fully saturated rings. The predicted molar refractivity (Wildman–Crippen MR) is 56.6 cm³/mol. The quantitative estimate of drug-likeness (QED) is 0.435. The van der Waals surface area contributed by atoms with Gasteiger partial charge in [0.25, 0.3) is 0 Å². The number of esters is 1. The Bertz CT molecular complexity index is 223. The molecular formula is C10H15BrO2. The maximum absolute atomic E-state index is 11.2. The first-order valence-corrected chi connectivity index (χ1v) is 5.07. The van der Waals surface area contributed by atoms with E-state index in [0.717, 1.165) is 12.8 Å². The molecule has 0 rings (SSSR count). The van der Waals surface area contributed by atoms with Crippen LogP contribution in [0, 0.1) is 11.8 Å². The number of carbonyl (C=O) groups is 1. The van der Waals surface area contributed by atoms with Crippen LogP contribution in [0.4, 0.5) is 0 Å². The SMILES string of the molecule is CCCC#CCC(C)(Br)C(=O)OC. The van der Waals surface area contributed by atoms with Gasteiger partial charge in [-0.25, -0.2) is 0 Å². The fraction of sp³-hybridized carbons (Fsp3) is 0.700. The summed E-state index contributed by atoms with van der Waals surface area (Å²) in [7, 11) is 1.38. The Morgan fingerprint density at radius 2 is 2.15 bits per heavy atom. The second kappa shape index (κ2) is 6.04. The van der Waals surface area contributed by atoms with Crippen LogP contribution in [0.5, 0.6) is 0 Å². The molecule has 0 amide bonds. The van der Waals surface area contributed by atoms with Crippen LogP contribution in [-0.2, 0) is 9.53 Å². The number of halogens is 1. The number of carbonyl (C=O) groups excluding carboxylic acids is 1. The molecule has 0 radical (unpaired) electrons. The highest BCUT2D eigenvalue weighted by atomic mass is 79.9. The van der Waals surface area contributed by atoms with Crippen molar-refractivity contribution in [3.8, 4) is 11.8 Å². The van der Waals surface area contributed by atoms with Crippen molar-refractivity contribution >= 4 is 21.9 Å². The topological polar surface area (TPSA) is 26.3 Å². The van der Waals surface area contributed by atoms with E-state index in [1.807, 2.05) is 0 Å². The maximum Gasteiger partial charge on any atom is 0.323 e. The monoisotopic (exact) mass is 246 g/mol. The molecular weight excluding hydrogens is 232 g/mol. The minimum atomic E-state index is -0.664. The third kappa shape index (κ3) is 4.94. The van der Waals surface area contributed by atoms with Gasteiger partial charge in [0.15, 0.2) is 0 Å². The Labute approximate surface area is 88.2 Å². The number of hydrogen-bond donors (Lipinski definition) is 0. The number of rotatable bonds is 3. The molecule has 0 saturated carbocycles. The fourth-order valence-corrected chi connectivity index (χ4v) is 1.03. The zero-order valence-electron chi connectivity index (χ0n) is 8.32. The molecule has 0 aromatic rings. The highest BCUT2D eigenvalue weighted by Crippen LogP contribution is 2.22. The van der Waals surface area contributed by atoms with E-state index in [-0.39, 0.29) is 5.97 Å². The highest BCUT2D eigenvalue weighted by molar-refractivity contribution is 9.10. The average Bonchev–Trinajstić information content (AvgIpc) is 2.11. The summed E-state index contributed by atoms with van der Waals surface area (Å²) in [5.74, 6) is 5.65. The van der Waals surface area contributed by atoms with Gasteiger partial charge < -0.3 is 4.74 Å². The van der Waals surface area contributed by atoms with Crippen molar-refractivity contribution in [2.24, 2.45) is 0 Å². The van der Waals surface area contributed by atoms with Gasteiger partial charge in [0.05, 0.1) is 7.11 Å². The van der Waals surface area contributed by atoms with E-state index >= 15 is 0 Å². The second-order valence-electron chi connectivity index (χ2n) is 2.97. The molecule has 0 saturated heterocycles. The molecule has 0 aliphatic carbocycles. The van der Waals surface area contributed by atoms with Gasteiger partial charge in [-0.15, -0.1) is 11.8 Å². The minimum Gasteiger partial charge on any atom is -0.468 e. The lowest BCUT2D eigenvalue weighted by atomic mass is 10.1. The standard InChI is InChI=1S/C10H15BrO2/c1-4-5-6-7-8-10(2,11)9(12)13-3/h4-5,8H2,1-3H3. The fourth-order valence-electron chi connectivity index (χ4n) is 0.727. The van der Waals surface area contributed by atoms with Gasteiger partial charge in [-0.2, -0.15) is 0 Å². The van der Waals surface area contributed by atoms with Crippen molar-refractivity contribution in [3.63, 3.8) is 0 Å². The van der Waals surface area contributed by atoms with Crippen LogP contribution in [-0.4, -0.2) is 17.4 Å². The van der Waals surface area contributed by atoms with Crippen molar-refractivity contribution in [1.29, 1.82) is 0 Å². The molecule has 3 heteroatoms. The largest absolute Gasteiger partial charge is 0.468 e. The van der Waals surface area contributed by atoms with E-state index in [4.69, 9.17) is 0 Å². The van der Waals surface area contributed by atoms with E-state index in [9.17, 15) is 4.79 Å². The summed E-state index contributed by atoms with van der Waals surface area (Å²) >= 11 is 3.28. The van der Waals surface area contributed by atoms with E-state index in [1.54, 1.807) is 6.92 Å². The van der Waals surface area contributed by atoms with Crippen LogP contribution in [0.2, 0.25) is 0 Å². The molecule has 0 aromatic heterocycles. The number of hydrogen-bond acceptors (Lipinski definition) is 2. The lowest BCUT2D eigenvalue weighted by molar-refractivity contribution is -0.142. The van der Waals surface area contributed by atoms with Gasteiger partial charge in [-0.1, -0.05) is 22.9 Å². The summed E-state index contributed by atoms with van der Waals surface area (Å²) in [5, 5.41) is 0. The number of methoxy groups -OCH3 is 1. The highest BCUT2D eigenvalue weighted by Gasteiger charge is 2.29. The second-order valence-corrected chi connectivity index (χ2v) is 4.72. The maximum atomic E-state index is 11.2. The van der Waals surface area contributed by atoms with Crippen LogP contribution in [0.3, 0.4) is 0 Å². The van der Waals surface area contributed by atoms with Gasteiger partial charge >= 0.3 is 5.97 Å². The predicted octanol–water partition coefficient (Wildman–Crippen LogP) is 2.51. The van der Waals surface area contributed by atoms with Crippen molar-refractivity contribution in [1.82, 2.24) is 0 Å². The molecule has 0 aliphatic rings. The molecule has 0 aliphatic heterocycles. The third-order valence-electron chi connectivity index (χ3n) is 1.53. The molecule has 74 valence electrons. The minimum absolute atomic E-state index is 0.279. The lowest BCUT2D eigenvalue weighted by Crippen LogP contribution is -2.28. The average molecular weight is 247 g/mol. The van der Waals surface area contributed by atoms with Gasteiger partial charge in [0.2, 0.25) is 0 Å². The van der Waals surface area contributed by atoms with Crippen molar-refractivity contribution in [2.45, 2.75) is 37.4 Å². The van der Waals surface area contributed by atoms with Crippen LogP contribution in [0.1, 0.15) is 33.1 Å². The molecule has 0 N–H and O–H groups in total. The Balaban J connectivity index is 4.04. The number of ether oxygens (including phenoxy) is 1. The summed E-state index contributed by atoms with van der Waals surface area (Å²) in [4.78, 5) is 11.2. The lowest BCUT2D eigenvalue weighted by Gasteiger charge is -2.15. The first-order chi connectivity index (χ1) is 6.04. The van der Waals surface area contributed by atoms with Crippen LogP contribution < -0.4 is 0 Å². The molecule has 0 heterocycles. The van der Waals surface area contributed by atoms with Crippen LogP contribution in [0.15, 0.2) is 0 Å². The molecule has 1 atom stereocenters. The molecule has 1 unspecified atom stereocenters. The van der Waals surface area contributed by atoms with Crippen LogP contribution >= 0.6 is 15.9 Å². The normalized spacial score (nSPS) is 13.8. The number of unbranched alkanes of at least 4 members (excludes halogenated alkanes) is 1. The van der Waals surface area contributed by atoms with Crippen molar-refractivity contribution in [2.75, 3.05) is 7.11 Å². The molecule has 0 spiro atoms. The Kier molecular flexibility index (Phi) is 5.81. The van der Waals surface area contributed by atoms with Gasteiger partial charge in [0.1, 0.15) is 4.32 Å². The van der Waals surface area contributed by atoms with Crippen molar-refractivity contribution in [3.05, 3.63) is 0 Å². The molecule has 0 bridgehead atoms. The summed E-state index contributed by atoms with van der Waals surface area (Å²) in [6.07, 6.45) is 2.41. The van der Waals surface area contributed by atoms with Gasteiger partial charge in [0, 0.05) is 12.8 Å². The first kappa shape index (κ1) is 12.5. The van der Waals surface area contributed by atoms with E-state index in [0.29, 0.717) is 6.42 Å². The Hall–Kier alpha value is -0.490. The van der Waals surface area contributed by atoms with E-state index in [2.05, 4.69) is 39.4 Å². The van der Waals surface area contributed by atoms with E-state index in [1.165, 1.54) is 7.11 Å². The zero-order valence-corrected chi connectivity index (χ0v) is 9.90. The first-order valence-electron chi connectivity index (χ1n) is 4.27. The summed E-state index contributed by atoms with van der Waals surface area (Å²) in [6.45, 7) is 3.84.